The monoisotopic (exact) mass is 322 g/mol. The highest BCUT2D eigenvalue weighted by Crippen LogP contribution is 2.40. The third kappa shape index (κ3) is 3.91. The molecule has 0 aromatic heterocycles. The summed E-state index contributed by atoms with van der Waals surface area (Å²) in [5.74, 6) is 0.533. The van der Waals surface area contributed by atoms with Crippen LogP contribution in [0.3, 0.4) is 0 Å². The Morgan fingerprint density at radius 2 is 2.36 bits per heavy atom. The van der Waals surface area contributed by atoms with Crippen molar-refractivity contribution < 1.29 is 19.0 Å². The first-order chi connectivity index (χ1) is 10.7. The number of methoxy groups -OCH3 is 1. The van der Waals surface area contributed by atoms with Crippen molar-refractivity contribution in [3.8, 4) is 17.6 Å². The molecule has 1 aromatic carbocycles. The van der Waals surface area contributed by atoms with Gasteiger partial charge in [-0.2, -0.15) is 5.26 Å². The zero-order valence-corrected chi connectivity index (χ0v) is 12.8. The number of rotatable bonds is 6. The van der Waals surface area contributed by atoms with E-state index in [0.29, 0.717) is 41.7 Å². The van der Waals surface area contributed by atoms with Crippen LogP contribution in [0.5, 0.6) is 11.5 Å². The van der Waals surface area contributed by atoms with Crippen molar-refractivity contribution in [3.05, 3.63) is 28.3 Å². The lowest BCUT2D eigenvalue weighted by Crippen LogP contribution is -2.26. The number of hydrogen-bond donors (Lipinski definition) is 1. The fourth-order valence-electron chi connectivity index (χ4n) is 1.90. The molecular weight excluding hydrogens is 308 g/mol. The van der Waals surface area contributed by atoms with Gasteiger partial charge in [0.05, 0.1) is 5.02 Å². The zero-order chi connectivity index (χ0) is 15.9. The highest BCUT2D eigenvalue weighted by atomic mass is 35.5. The number of nitrogens with one attached hydrogen (secondary N) is 1. The summed E-state index contributed by atoms with van der Waals surface area (Å²) in [6.07, 6.45) is 2.14. The van der Waals surface area contributed by atoms with Gasteiger partial charge in [-0.05, 0) is 30.2 Å². The summed E-state index contributed by atoms with van der Waals surface area (Å²) in [5, 5.41) is 12.2. The number of nitriles is 1. The summed E-state index contributed by atoms with van der Waals surface area (Å²) in [5.41, 5.74) is 0.588. The molecule has 0 spiro atoms. The Morgan fingerprint density at radius 1 is 1.55 bits per heavy atom. The van der Waals surface area contributed by atoms with Crippen LogP contribution in [0, 0.1) is 11.3 Å². The topological polar surface area (TPSA) is 80.6 Å². The van der Waals surface area contributed by atoms with E-state index in [1.54, 1.807) is 19.2 Å². The smallest absolute Gasteiger partial charge is 0.261 e. The third-order valence-electron chi connectivity index (χ3n) is 2.94. The third-order valence-corrected chi connectivity index (χ3v) is 3.22. The van der Waals surface area contributed by atoms with Crippen LogP contribution in [0.25, 0.3) is 6.08 Å². The first kappa shape index (κ1) is 16.1. The number of fused-ring (bicyclic) bond motifs is 1. The fraction of sp³-hybridized carbons (Fsp3) is 0.333. The number of hydrogen-bond acceptors (Lipinski definition) is 5. The summed E-state index contributed by atoms with van der Waals surface area (Å²) in [6.45, 7) is 1.09. The van der Waals surface area contributed by atoms with E-state index in [-0.39, 0.29) is 12.4 Å². The van der Waals surface area contributed by atoms with Crippen molar-refractivity contribution in [1.29, 1.82) is 5.26 Å². The normalized spacial score (nSPS) is 12.9. The maximum atomic E-state index is 11.9. The minimum atomic E-state index is -0.438. The second-order valence-corrected chi connectivity index (χ2v) is 4.92. The van der Waals surface area contributed by atoms with Gasteiger partial charge in [-0.1, -0.05) is 11.6 Å². The van der Waals surface area contributed by atoms with Gasteiger partial charge >= 0.3 is 0 Å². The Kier molecular flexibility index (Phi) is 5.64. The highest BCUT2D eigenvalue weighted by Gasteiger charge is 2.18. The SMILES string of the molecule is COCCCNC(=O)C(C#N)=Cc1cc(Cl)c2c(c1)OCO2. The molecule has 0 saturated heterocycles. The van der Waals surface area contributed by atoms with E-state index in [2.05, 4.69) is 5.32 Å². The van der Waals surface area contributed by atoms with Gasteiger partial charge in [-0.25, -0.2) is 0 Å². The first-order valence-electron chi connectivity index (χ1n) is 6.63. The molecule has 0 radical (unpaired) electrons. The van der Waals surface area contributed by atoms with Crippen molar-refractivity contribution >= 4 is 23.6 Å². The van der Waals surface area contributed by atoms with E-state index < -0.39 is 5.91 Å². The van der Waals surface area contributed by atoms with Crippen LogP contribution in [0.2, 0.25) is 5.02 Å². The van der Waals surface area contributed by atoms with Crippen molar-refractivity contribution in [2.45, 2.75) is 6.42 Å². The molecule has 116 valence electrons. The predicted octanol–water partition coefficient (Wildman–Crippen LogP) is 2.13. The standard InChI is InChI=1S/C15H15ClN2O4/c1-20-4-2-3-18-15(19)11(8-17)5-10-6-12(16)14-13(7-10)21-9-22-14/h5-7H,2-4,9H2,1H3,(H,18,19). The second kappa shape index (κ2) is 7.69. The van der Waals surface area contributed by atoms with Crippen molar-refractivity contribution in [1.82, 2.24) is 5.32 Å². The molecule has 2 rings (SSSR count). The summed E-state index contributed by atoms with van der Waals surface area (Å²) >= 11 is 6.07. The zero-order valence-electron chi connectivity index (χ0n) is 12.0. The molecular formula is C15H15ClN2O4. The quantitative estimate of drug-likeness (QED) is 0.493. The molecule has 0 aliphatic carbocycles. The largest absolute Gasteiger partial charge is 0.454 e. The van der Waals surface area contributed by atoms with Crippen LogP contribution in [-0.4, -0.2) is 33.0 Å². The lowest BCUT2D eigenvalue weighted by Gasteiger charge is -2.05. The summed E-state index contributed by atoms with van der Waals surface area (Å²) in [7, 11) is 1.59. The van der Waals surface area contributed by atoms with Crippen LogP contribution in [0.4, 0.5) is 0 Å². The van der Waals surface area contributed by atoms with Crippen LogP contribution < -0.4 is 14.8 Å². The Hall–Kier alpha value is -2.23. The van der Waals surface area contributed by atoms with E-state index in [9.17, 15) is 4.79 Å². The van der Waals surface area contributed by atoms with Crippen LogP contribution >= 0.6 is 11.6 Å². The number of ether oxygens (including phenoxy) is 3. The molecule has 1 N–H and O–H groups in total. The van der Waals surface area contributed by atoms with Crippen molar-refractivity contribution in [2.75, 3.05) is 27.1 Å². The molecule has 7 heteroatoms. The molecule has 1 aliphatic heterocycles. The number of halogens is 1. The molecule has 0 bridgehead atoms. The molecule has 0 saturated carbocycles. The molecule has 1 heterocycles. The van der Waals surface area contributed by atoms with Gasteiger partial charge in [0, 0.05) is 20.3 Å². The second-order valence-electron chi connectivity index (χ2n) is 4.51. The Bertz CT molecular complexity index is 637. The van der Waals surface area contributed by atoms with Gasteiger partial charge in [0.2, 0.25) is 6.79 Å². The van der Waals surface area contributed by atoms with Crippen molar-refractivity contribution in [3.63, 3.8) is 0 Å². The molecule has 0 fully saturated rings. The Labute approximate surface area is 133 Å². The minimum Gasteiger partial charge on any atom is -0.454 e. The minimum absolute atomic E-state index is 0.00708. The summed E-state index contributed by atoms with van der Waals surface area (Å²) < 4.78 is 15.4. The number of nitrogens with zero attached hydrogens (tertiary/aromatic N) is 1. The van der Waals surface area contributed by atoms with E-state index in [4.69, 9.17) is 31.1 Å². The Morgan fingerprint density at radius 3 is 3.09 bits per heavy atom. The molecule has 0 unspecified atom stereocenters. The van der Waals surface area contributed by atoms with Gasteiger partial charge < -0.3 is 19.5 Å². The average Bonchev–Trinajstić information content (AvgIpc) is 2.98. The molecule has 1 aliphatic rings. The predicted molar refractivity (Wildman–Crippen MR) is 80.7 cm³/mol. The molecule has 1 aromatic rings. The first-order valence-corrected chi connectivity index (χ1v) is 7.01. The maximum absolute atomic E-state index is 11.9. The fourth-order valence-corrected chi connectivity index (χ4v) is 2.17. The van der Waals surface area contributed by atoms with Crippen LogP contribution in [0.15, 0.2) is 17.7 Å². The van der Waals surface area contributed by atoms with Gasteiger partial charge in [-0.15, -0.1) is 0 Å². The lowest BCUT2D eigenvalue weighted by atomic mass is 10.1. The molecule has 0 atom stereocenters. The molecule has 22 heavy (non-hydrogen) atoms. The molecule has 1 amide bonds. The summed E-state index contributed by atoms with van der Waals surface area (Å²) in [4.78, 5) is 11.9. The van der Waals surface area contributed by atoms with Crippen molar-refractivity contribution in [2.24, 2.45) is 0 Å². The Balaban J connectivity index is 2.10. The van der Waals surface area contributed by atoms with Gasteiger partial charge in [-0.3, -0.25) is 4.79 Å². The highest BCUT2D eigenvalue weighted by molar-refractivity contribution is 6.32. The van der Waals surface area contributed by atoms with E-state index in [0.717, 1.165) is 0 Å². The molecule has 6 nitrogen and oxygen atoms in total. The van der Waals surface area contributed by atoms with E-state index >= 15 is 0 Å². The number of carbonyl (C=O) groups excluding carboxylic acids is 1. The van der Waals surface area contributed by atoms with Gasteiger partial charge in [0.1, 0.15) is 11.6 Å². The van der Waals surface area contributed by atoms with E-state index in [1.165, 1.54) is 6.08 Å². The summed E-state index contributed by atoms with van der Waals surface area (Å²) in [6, 6.07) is 5.17. The number of benzene rings is 1. The average molecular weight is 323 g/mol. The van der Waals surface area contributed by atoms with Crippen LogP contribution in [0.1, 0.15) is 12.0 Å². The maximum Gasteiger partial charge on any atom is 0.261 e. The number of amides is 1. The van der Waals surface area contributed by atoms with Gasteiger partial charge in [0.15, 0.2) is 11.5 Å². The van der Waals surface area contributed by atoms with E-state index in [1.807, 2.05) is 6.07 Å². The lowest BCUT2D eigenvalue weighted by molar-refractivity contribution is -0.117. The van der Waals surface area contributed by atoms with Crippen LogP contribution in [-0.2, 0) is 9.53 Å². The number of carbonyl (C=O) groups is 1. The van der Waals surface area contributed by atoms with Gasteiger partial charge in [0.25, 0.3) is 5.91 Å².